The highest BCUT2D eigenvalue weighted by molar-refractivity contribution is 7.86. The number of oxime groups is 1. The molecule has 554 valence electrons. The third kappa shape index (κ3) is 34.4. The van der Waals surface area contributed by atoms with E-state index < -0.39 is 40.4 Å². The van der Waals surface area contributed by atoms with Crippen molar-refractivity contribution in [1.29, 1.82) is 5.26 Å². The lowest BCUT2D eigenvalue weighted by Gasteiger charge is -2.09. The van der Waals surface area contributed by atoms with E-state index in [9.17, 15) is 38.1 Å². The van der Waals surface area contributed by atoms with Crippen LogP contribution in [0.2, 0.25) is 35.2 Å². The molecule has 0 amide bonds. The Balaban J connectivity index is 0.000000213. The zero-order valence-electron chi connectivity index (χ0n) is 55.5. The van der Waals surface area contributed by atoms with E-state index in [4.69, 9.17) is 148 Å². The van der Waals surface area contributed by atoms with Crippen LogP contribution in [0.4, 0.5) is 0 Å². The van der Waals surface area contributed by atoms with Crippen LogP contribution in [0.3, 0.4) is 0 Å². The van der Waals surface area contributed by atoms with Gasteiger partial charge < -0.3 is 54.7 Å². The van der Waals surface area contributed by atoms with Crippen molar-refractivity contribution in [2.45, 2.75) is 93.5 Å². The number of carbonyl (C=O) groups excluding carboxylic acids is 3. The van der Waals surface area contributed by atoms with Crippen molar-refractivity contribution in [3.8, 4) is 6.07 Å². The molecule has 19 nitrogen and oxygen atoms in total. The number of ether oxygens (including phenoxy) is 6. The lowest BCUT2D eigenvalue weighted by Crippen LogP contribution is -2.23. The third-order valence-electron chi connectivity index (χ3n) is 15.2. The summed E-state index contributed by atoms with van der Waals surface area (Å²) in [5.74, 6) is -1.95. The summed E-state index contributed by atoms with van der Waals surface area (Å²) in [6, 6.07) is 53.3. The topological polar surface area (TPSA) is 296 Å². The number of aliphatic hydroxyl groups excluding tert-OH is 3. The SMILES string of the molecule is C=CCC(O)c1ccc(Cl)cc1.CS(=O)(=O)OC1COC(c2ccc(Cl)cc2)C1.N#C[C@@H]1CO[C@@H](c2ccc(Cl)cc2)C1.N/C(=N\O)[C@@H]1CO[C@@H](c2ccc(Cl)cc2)C1.O=C(CCl)OC(=O)CCl.O=Cc1ccc(Cl)cc1.OC(CC1CO1)c1ccc(Cl)cc1.OC1COC(c2ccc(Cl)cc2)C1. The van der Waals surface area contributed by atoms with E-state index in [0.717, 1.165) is 75.4 Å². The van der Waals surface area contributed by atoms with Gasteiger partial charge in [0.15, 0.2) is 0 Å². The average molecular weight is 1620 g/mol. The molecule has 0 aliphatic carbocycles. The van der Waals surface area contributed by atoms with Crippen LogP contribution in [-0.2, 0) is 52.3 Å². The highest BCUT2D eigenvalue weighted by Gasteiger charge is 2.32. The van der Waals surface area contributed by atoms with Gasteiger partial charge in [0.25, 0.3) is 10.1 Å². The van der Waals surface area contributed by atoms with Gasteiger partial charge in [0.1, 0.15) is 30.0 Å². The second-order valence-corrected chi connectivity index (χ2v) is 28.4. The van der Waals surface area contributed by atoms with E-state index in [-0.39, 0.29) is 66.1 Å². The molecule has 5 heterocycles. The highest BCUT2D eigenvalue weighted by Crippen LogP contribution is 2.36. The number of amidine groups is 1. The van der Waals surface area contributed by atoms with Crippen molar-refractivity contribution in [1.82, 2.24) is 0 Å². The first-order chi connectivity index (χ1) is 49.2. The fourth-order valence-corrected chi connectivity index (χ4v) is 11.4. The molecule has 11 atom stereocenters. The number of alkyl halides is 2. The Hall–Kier alpha value is -5.95. The Morgan fingerprint density at radius 1 is 0.573 bits per heavy atom. The molecule has 0 spiro atoms. The van der Waals surface area contributed by atoms with Crippen molar-refractivity contribution >= 4 is 139 Å². The van der Waals surface area contributed by atoms with E-state index in [1.54, 1.807) is 66.7 Å². The Morgan fingerprint density at radius 3 is 1.30 bits per heavy atom. The Labute approximate surface area is 644 Å². The number of hydrogen-bond acceptors (Lipinski definition) is 18. The van der Waals surface area contributed by atoms with Crippen LogP contribution in [0.1, 0.15) is 119 Å². The quantitative estimate of drug-likeness (QED) is 0.00513. The maximum Gasteiger partial charge on any atom is 0.328 e. The van der Waals surface area contributed by atoms with Crippen LogP contribution in [0.5, 0.6) is 0 Å². The fraction of sp³-hybridized carbons (Fsp3) is 0.338. The van der Waals surface area contributed by atoms with Crippen LogP contribution in [0, 0.1) is 23.2 Å². The standard InChI is InChI=1S/C11H13ClN2O2.C11H10ClNO.C11H13ClO4S.2C10H11ClO2.C10H11ClO.C7H5ClO.C4H4Cl2O3/c12-9-3-1-7(2-4-9)10-5-8(6-16-10)11(13)14-15;12-10-3-1-9(2-4-10)11-5-8(6-13)7-14-11;1-17(13,14)16-10-6-11(15-7-10)8-2-4-9(12)5-3-8;11-8-3-1-7(2-4-8)10(12)5-9-6-13-9;11-8-3-1-7(2-4-8)10-5-9(12)6-13-10;1-2-3-10(12)8-4-6-9(11)7-5-8;8-7-3-1-6(5-9)2-4-7;5-1-3(7)9-4(8)2-6/h1-4,8,10,15H,5-6H2,(H2,13,14);1-4,8,11H,5,7H2;2-5,10-11H,6-7H2,1H3;2*1-4,9-10,12H,5-6H2;2,4-7,10,12H,1,3H2;1-5H;1-2H2/t8-,10+;8-,11-;;;;;;/m01....../s1. The second kappa shape index (κ2) is 46.9. The molecule has 5 aliphatic heterocycles. The summed E-state index contributed by atoms with van der Waals surface area (Å²) in [6.07, 6.45) is 6.15. The van der Waals surface area contributed by atoms with E-state index in [2.05, 4.69) is 22.5 Å². The van der Waals surface area contributed by atoms with Gasteiger partial charge >= 0.3 is 11.9 Å². The molecular weight excluding hydrogens is 1540 g/mol. The minimum atomic E-state index is -3.42. The molecule has 7 aromatic carbocycles. The lowest BCUT2D eigenvalue weighted by molar-refractivity contribution is -0.155. The molecule has 5 aliphatic rings. The normalized spacial score (nSPS) is 21.1. The minimum Gasteiger partial charge on any atom is -0.409 e. The minimum absolute atomic E-state index is 0.00238. The van der Waals surface area contributed by atoms with Gasteiger partial charge in [-0.25, -0.2) is 0 Å². The Morgan fingerprint density at radius 2 is 0.942 bits per heavy atom. The van der Waals surface area contributed by atoms with Gasteiger partial charge in [0.2, 0.25) is 0 Å². The number of epoxide rings is 1. The van der Waals surface area contributed by atoms with Crippen LogP contribution < -0.4 is 5.73 Å². The second-order valence-electron chi connectivity index (χ2n) is 23.2. The first kappa shape index (κ1) is 87.7. The number of nitriles is 1. The number of esters is 2. The van der Waals surface area contributed by atoms with Crippen molar-refractivity contribution in [3.63, 3.8) is 0 Å². The molecule has 5 saturated heterocycles. The first-order valence-electron chi connectivity index (χ1n) is 31.8. The van der Waals surface area contributed by atoms with Crippen molar-refractivity contribution in [2.75, 3.05) is 51.1 Å². The van der Waals surface area contributed by atoms with Crippen LogP contribution in [0.25, 0.3) is 0 Å². The monoisotopic (exact) mass is 1610 g/mol. The van der Waals surface area contributed by atoms with Gasteiger partial charge in [-0.3, -0.25) is 18.6 Å². The predicted molar refractivity (Wildman–Crippen MR) is 402 cm³/mol. The summed E-state index contributed by atoms with van der Waals surface area (Å²) >= 11 is 50.1. The van der Waals surface area contributed by atoms with E-state index in [0.29, 0.717) is 82.8 Å². The Bertz CT molecular complexity index is 3850. The highest BCUT2D eigenvalue weighted by atomic mass is 35.5. The van der Waals surface area contributed by atoms with Crippen molar-refractivity contribution in [2.24, 2.45) is 22.7 Å². The molecule has 7 unspecified atom stereocenters. The molecule has 29 heteroatoms. The van der Waals surface area contributed by atoms with Crippen molar-refractivity contribution in [3.05, 3.63) is 257 Å². The fourth-order valence-electron chi connectivity index (χ4n) is 9.77. The largest absolute Gasteiger partial charge is 0.409 e. The van der Waals surface area contributed by atoms with Gasteiger partial charge in [-0.1, -0.05) is 177 Å². The summed E-state index contributed by atoms with van der Waals surface area (Å²) < 4.78 is 57.9. The molecule has 7 aromatic rings. The predicted octanol–water partition coefficient (Wildman–Crippen LogP) is 17.2. The summed E-state index contributed by atoms with van der Waals surface area (Å²) in [4.78, 5) is 30.4. The third-order valence-corrected chi connectivity index (χ3v) is 18.0. The van der Waals surface area contributed by atoms with E-state index in [1.807, 2.05) is 109 Å². The van der Waals surface area contributed by atoms with Gasteiger partial charge in [-0.05, 0) is 138 Å². The van der Waals surface area contributed by atoms with Crippen LogP contribution in [-0.4, -0.2) is 122 Å². The smallest absolute Gasteiger partial charge is 0.328 e. The number of halogens is 9. The molecule has 5 fully saturated rings. The molecule has 0 bridgehead atoms. The number of benzene rings is 7. The van der Waals surface area contributed by atoms with E-state index in [1.165, 1.54) is 0 Å². The molecule has 0 saturated carbocycles. The number of nitrogens with two attached hydrogens (primary N) is 1. The van der Waals surface area contributed by atoms with Gasteiger partial charge in [-0.2, -0.15) is 13.7 Å². The number of aliphatic hydroxyl groups is 3. The van der Waals surface area contributed by atoms with Crippen molar-refractivity contribution < 1.29 is 75.9 Å². The number of hydrogen-bond donors (Lipinski definition) is 5. The lowest BCUT2D eigenvalue weighted by atomic mass is 10.00. The number of rotatable bonds is 16. The summed E-state index contributed by atoms with van der Waals surface area (Å²) in [5, 5.41) is 53.6. The molecule has 103 heavy (non-hydrogen) atoms. The number of nitrogens with zero attached hydrogens (tertiary/aromatic N) is 2. The maximum atomic E-state index is 11.0. The summed E-state index contributed by atoms with van der Waals surface area (Å²) in [5.41, 5.74) is 12.2. The number of carbonyl (C=O) groups is 3. The van der Waals surface area contributed by atoms with Gasteiger partial charge in [0.05, 0.1) is 100 Å². The van der Waals surface area contributed by atoms with Gasteiger partial charge in [-0.15, -0.1) is 29.8 Å². The number of aldehydes is 1. The zero-order chi connectivity index (χ0) is 75.4. The Kier molecular flexibility index (Phi) is 39.9. The zero-order valence-corrected chi connectivity index (χ0v) is 63.2. The molecule has 12 rings (SSSR count). The summed E-state index contributed by atoms with van der Waals surface area (Å²) in [7, 11) is -3.42. The first-order valence-corrected chi connectivity index (χ1v) is 37.3. The molecule has 6 N–H and O–H groups in total. The average Bonchev–Trinajstić information content (AvgIpc) is 1.70. The molecular formula is C74H78Cl9N3O16S. The maximum absolute atomic E-state index is 11.0. The van der Waals surface area contributed by atoms with Gasteiger partial charge in [0, 0.05) is 65.9 Å². The summed E-state index contributed by atoms with van der Waals surface area (Å²) in [6.45, 7) is 6.10. The molecule has 0 radical (unpaired) electrons. The molecule has 0 aromatic heterocycles. The van der Waals surface area contributed by atoms with E-state index >= 15 is 0 Å². The van der Waals surface area contributed by atoms with Crippen LogP contribution >= 0.6 is 104 Å². The van der Waals surface area contributed by atoms with Crippen LogP contribution in [0.15, 0.2) is 188 Å².